The number of hydrogen-bond donors (Lipinski definition) is 2. The van der Waals surface area contributed by atoms with Crippen LogP contribution in [0.3, 0.4) is 0 Å². The first-order valence-corrected chi connectivity index (χ1v) is 8.06. The van der Waals surface area contributed by atoms with Crippen molar-refractivity contribution in [3.63, 3.8) is 0 Å². The van der Waals surface area contributed by atoms with Gasteiger partial charge in [-0.15, -0.1) is 28.3 Å². The zero-order valence-electron chi connectivity index (χ0n) is 12.2. The Bertz CT molecular complexity index is 804. The van der Waals surface area contributed by atoms with E-state index in [1.807, 2.05) is 12.3 Å². The lowest BCUT2D eigenvalue weighted by molar-refractivity contribution is -0.114. The summed E-state index contributed by atoms with van der Waals surface area (Å²) in [6.07, 6.45) is 3.33. The third kappa shape index (κ3) is 4.30. The molecule has 0 aliphatic carbocycles. The van der Waals surface area contributed by atoms with Crippen molar-refractivity contribution in [1.29, 1.82) is 0 Å². The van der Waals surface area contributed by atoms with Crippen LogP contribution < -0.4 is 10.6 Å². The molecular weight excluding hydrogens is 400 g/mol. The van der Waals surface area contributed by atoms with Crippen LogP contribution in [0.4, 0.5) is 16.2 Å². The molecule has 1 amide bonds. The first kappa shape index (κ1) is 17.4. The molecule has 0 unspecified atom stereocenters. The molecule has 0 aromatic carbocycles. The van der Waals surface area contributed by atoms with Gasteiger partial charge in [0, 0.05) is 24.7 Å². The number of anilines is 3. The Balaban J connectivity index is 0.00000192. The van der Waals surface area contributed by atoms with Crippen LogP contribution in [0.5, 0.6) is 0 Å². The van der Waals surface area contributed by atoms with Crippen molar-refractivity contribution in [2.24, 2.45) is 0 Å². The van der Waals surface area contributed by atoms with E-state index in [4.69, 9.17) is 0 Å². The van der Waals surface area contributed by atoms with Crippen molar-refractivity contribution in [2.75, 3.05) is 10.6 Å². The molecule has 23 heavy (non-hydrogen) atoms. The van der Waals surface area contributed by atoms with Gasteiger partial charge in [-0.1, -0.05) is 11.3 Å². The molecule has 0 spiro atoms. The molecule has 0 bridgehead atoms. The summed E-state index contributed by atoms with van der Waals surface area (Å²) in [4.78, 5) is 29.1. The minimum absolute atomic E-state index is 0. The van der Waals surface area contributed by atoms with E-state index in [2.05, 4.69) is 30.6 Å². The number of amides is 1. The first-order valence-electron chi connectivity index (χ1n) is 6.37. The van der Waals surface area contributed by atoms with Crippen LogP contribution >= 0.6 is 39.7 Å². The third-order valence-electron chi connectivity index (χ3n) is 2.60. The number of thiazole rings is 2. The van der Waals surface area contributed by atoms with E-state index in [9.17, 15) is 4.79 Å². The summed E-state index contributed by atoms with van der Waals surface area (Å²) in [6.45, 7) is 3.35. The van der Waals surface area contributed by atoms with Crippen LogP contribution in [0.2, 0.25) is 0 Å². The Morgan fingerprint density at radius 3 is 2.61 bits per heavy atom. The highest BCUT2D eigenvalue weighted by Crippen LogP contribution is 2.34. The van der Waals surface area contributed by atoms with Crippen LogP contribution in [0, 0.1) is 6.92 Å². The second-order valence-corrected chi connectivity index (χ2v) is 6.21. The Hall–Kier alpha value is -1.91. The SMILES string of the molecule is Br.CC(=O)Nc1nc(C)c(-c2csc(Nc3ncccn3)n2)s1. The molecule has 7 nitrogen and oxygen atoms in total. The summed E-state index contributed by atoms with van der Waals surface area (Å²) < 4.78 is 0. The summed E-state index contributed by atoms with van der Waals surface area (Å²) in [5, 5.41) is 8.96. The standard InChI is InChI=1S/C13H12N6OS2.BrH/c1-7-10(22-13(16-7)17-8(2)20)9-6-21-12(18-9)19-11-14-4-3-5-15-11;/h3-6H,1-2H3,(H,16,17,20)(H,14,15,18,19);1H. The van der Waals surface area contributed by atoms with Crippen LogP contribution in [-0.2, 0) is 4.79 Å². The lowest BCUT2D eigenvalue weighted by Crippen LogP contribution is -2.04. The minimum atomic E-state index is -0.137. The number of carbonyl (C=O) groups is 1. The normalized spacial score (nSPS) is 10.0. The lowest BCUT2D eigenvalue weighted by atomic mass is 10.3. The zero-order chi connectivity index (χ0) is 15.5. The van der Waals surface area contributed by atoms with Gasteiger partial charge in [-0.05, 0) is 13.0 Å². The van der Waals surface area contributed by atoms with Crippen molar-refractivity contribution in [1.82, 2.24) is 19.9 Å². The van der Waals surface area contributed by atoms with E-state index in [0.29, 0.717) is 16.2 Å². The highest BCUT2D eigenvalue weighted by Gasteiger charge is 2.14. The van der Waals surface area contributed by atoms with E-state index in [1.165, 1.54) is 29.6 Å². The van der Waals surface area contributed by atoms with Gasteiger partial charge in [0.05, 0.1) is 16.3 Å². The average Bonchev–Trinajstić information content (AvgIpc) is 3.06. The average molecular weight is 413 g/mol. The monoisotopic (exact) mass is 412 g/mol. The van der Waals surface area contributed by atoms with Crippen molar-refractivity contribution in [3.8, 4) is 10.6 Å². The van der Waals surface area contributed by atoms with Crippen LogP contribution in [0.25, 0.3) is 10.6 Å². The third-order valence-corrected chi connectivity index (χ3v) is 4.45. The highest BCUT2D eigenvalue weighted by atomic mass is 79.9. The Kier molecular flexibility index (Phi) is 5.74. The second-order valence-electron chi connectivity index (χ2n) is 4.35. The molecule has 120 valence electrons. The van der Waals surface area contributed by atoms with E-state index >= 15 is 0 Å². The van der Waals surface area contributed by atoms with Gasteiger partial charge in [0.2, 0.25) is 11.9 Å². The smallest absolute Gasteiger partial charge is 0.228 e. The van der Waals surface area contributed by atoms with Gasteiger partial charge in [0.1, 0.15) is 0 Å². The summed E-state index contributed by atoms with van der Waals surface area (Å²) in [6, 6.07) is 1.75. The van der Waals surface area contributed by atoms with E-state index in [0.717, 1.165) is 16.3 Å². The Labute approximate surface area is 151 Å². The highest BCUT2D eigenvalue weighted by molar-refractivity contribution is 8.93. The number of aromatic nitrogens is 4. The van der Waals surface area contributed by atoms with Gasteiger partial charge in [-0.25, -0.2) is 19.9 Å². The number of halogens is 1. The molecule has 0 aliphatic heterocycles. The number of nitrogens with zero attached hydrogens (tertiary/aromatic N) is 4. The van der Waals surface area contributed by atoms with Crippen molar-refractivity contribution >= 4 is 61.8 Å². The zero-order valence-corrected chi connectivity index (χ0v) is 15.6. The first-order chi connectivity index (χ1) is 10.6. The Morgan fingerprint density at radius 2 is 1.91 bits per heavy atom. The molecule has 10 heteroatoms. The summed E-state index contributed by atoms with van der Waals surface area (Å²) >= 11 is 2.86. The summed E-state index contributed by atoms with van der Waals surface area (Å²) in [5.74, 6) is 0.366. The molecule has 3 heterocycles. The maximum atomic E-state index is 11.1. The molecule has 3 aromatic heterocycles. The predicted octanol–water partition coefficient (Wildman–Crippen LogP) is 3.64. The van der Waals surface area contributed by atoms with Gasteiger partial charge < -0.3 is 10.6 Å². The number of carbonyl (C=O) groups excluding carboxylic acids is 1. The van der Waals surface area contributed by atoms with E-state index in [1.54, 1.807) is 18.5 Å². The van der Waals surface area contributed by atoms with Gasteiger partial charge in [-0.2, -0.15) is 0 Å². The molecule has 3 aromatic rings. The molecular formula is C13H13BrN6OS2. The second kappa shape index (κ2) is 7.57. The molecule has 0 atom stereocenters. The number of rotatable bonds is 4. The van der Waals surface area contributed by atoms with E-state index in [-0.39, 0.29) is 22.9 Å². The maximum absolute atomic E-state index is 11.1. The molecule has 0 saturated carbocycles. The van der Waals surface area contributed by atoms with Gasteiger partial charge in [-0.3, -0.25) is 4.79 Å². The van der Waals surface area contributed by atoms with E-state index < -0.39 is 0 Å². The predicted molar refractivity (Wildman–Crippen MR) is 97.9 cm³/mol. The molecule has 0 radical (unpaired) electrons. The summed E-state index contributed by atoms with van der Waals surface area (Å²) in [7, 11) is 0. The van der Waals surface area contributed by atoms with Gasteiger partial charge in [0.15, 0.2) is 10.3 Å². The Morgan fingerprint density at radius 1 is 1.17 bits per heavy atom. The number of aryl methyl sites for hydroxylation is 1. The van der Waals surface area contributed by atoms with Crippen LogP contribution in [0.15, 0.2) is 23.8 Å². The van der Waals surface area contributed by atoms with Crippen molar-refractivity contribution < 1.29 is 4.79 Å². The quantitative estimate of drug-likeness (QED) is 0.679. The van der Waals surface area contributed by atoms with Gasteiger partial charge in [0.25, 0.3) is 0 Å². The largest absolute Gasteiger partial charge is 0.302 e. The fourth-order valence-electron chi connectivity index (χ4n) is 1.73. The molecule has 0 saturated heterocycles. The summed E-state index contributed by atoms with van der Waals surface area (Å²) in [5.41, 5.74) is 1.65. The lowest BCUT2D eigenvalue weighted by Gasteiger charge is -1.98. The number of nitrogens with one attached hydrogen (secondary N) is 2. The van der Waals surface area contributed by atoms with Crippen LogP contribution in [-0.4, -0.2) is 25.8 Å². The molecule has 3 rings (SSSR count). The van der Waals surface area contributed by atoms with Crippen molar-refractivity contribution in [3.05, 3.63) is 29.5 Å². The minimum Gasteiger partial charge on any atom is -0.302 e. The molecule has 2 N–H and O–H groups in total. The van der Waals surface area contributed by atoms with Crippen molar-refractivity contribution in [2.45, 2.75) is 13.8 Å². The van der Waals surface area contributed by atoms with Crippen LogP contribution in [0.1, 0.15) is 12.6 Å². The molecule has 0 aliphatic rings. The fourth-order valence-corrected chi connectivity index (χ4v) is 3.48. The topological polar surface area (TPSA) is 92.7 Å². The maximum Gasteiger partial charge on any atom is 0.228 e. The fraction of sp³-hybridized carbons (Fsp3) is 0.154. The number of hydrogen-bond acceptors (Lipinski definition) is 8. The van der Waals surface area contributed by atoms with Gasteiger partial charge >= 0.3 is 0 Å². The molecule has 0 fully saturated rings.